The molecule has 5 heteroatoms. The van der Waals surface area contributed by atoms with Crippen molar-refractivity contribution in [1.82, 2.24) is 4.90 Å². The Balaban J connectivity index is 1.66. The minimum Gasteiger partial charge on any atom is -0.447 e. The van der Waals surface area contributed by atoms with E-state index in [4.69, 9.17) is 4.74 Å². The van der Waals surface area contributed by atoms with Gasteiger partial charge in [-0.05, 0) is 38.0 Å². The van der Waals surface area contributed by atoms with E-state index in [9.17, 15) is 14.4 Å². The van der Waals surface area contributed by atoms with Crippen molar-refractivity contribution >= 4 is 17.8 Å². The van der Waals surface area contributed by atoms with E-state index in [1.807, 2.05) is 0 Å². The monoisotopic (exact) mass is 287 g/mol. The highest BCUT2D eigenvalue weighted by molar-refractivity contribution is 6.24. The van der Waals surface area contributed by atoms with Crippen molar-refractivity contribution in [2.24, 2.45) is 23.7 Å². The molecule has 0 aromatic rings. The van der Waals surface area contributed by atoms with E-state index in [0.717, 1.165) is 11.3 Å². The summed E-state index contributed by atoms with van der Waals surface area (Å²) < 4.78 is 4.96. The lowest BCUT2D eigenvalue weighted by atomic mass is 9.85. The van der Waals surface area contributed by atoms with Crippen LogP contribution in [0.25, 0.3) is 0 Å². The molecule has 5 nitrogen and oxygen atoms in total. The third-order valence-electron chi connectivity index (χ3n) is 5.22. The summed E-state index contributed by atoms with van der Waals surface area (Å²) in [5.41, 5.74) is -0.528. The van der Waals surface area contributed by atoms with Gasteiger partial charge in [0.15, 0.2) is 5.78 Å². The zero-order valence-corrected chi connectivity index (χ0v) is 12.0. The zero-order chi connectivity index (χ0) is 14.9. The molecule has 2 bridgehead atoms. The number of carbonyl (C=O) groups is 3. The molecule has 2 amide bonds. The number of nitrogens with zero attached hydrogens (tertiary/aromatic N) is 1. The van der Waals surface area contributed by atoms with E-state index in [-0.39, 0.29) is 35.7 Å². The number of fused-ring (bicyclic) bond motifs is 5. The number of hydrogen-bond acceptors (Lipinski definition) is 4. The second-order valence-electron chi connectivity index (χ2n) is 7.00. The van der Waals surface area contributed by atoms with Gasteiger partial charge in [-0.3, -0.25) is 9.59 Å². The number of cyclic esters (lactones) is 1. The summed E-state index contributed by atoms with van der Waals surface area (Å²) in [7, 11) is 0. The molecule has 21 heavy (non-hydrogen) atoms. The number of imide groups is 1. The fraction of sp³-hybridized carbons (Fsp3) is 0.562. The topological polar surface area (TPSA) is 63.7 Å². The second-order valence-corrected chi connectivity index (χ2v) is 7.00. The summed E-state index contributed by atoms with van der Waals surface area (Å²) in [6.07, 6.45) is 6.40. The molecule has 1 heterocycles. The van der Waals surface area contributed by atoms with Crippen LogP contribution in [0.4, 0.5) is 4.79 Å². The van der Waals surface area contributed by atoms with Crippen LogP contribution >= 0.6 is 0 Å². The van der Waals surface area contributed by atoms with Crippen molar-refractivity contribution in [3.8, 4) is 0 Å². The van der Waals surface area contributed by atoms with Crippen LogP contribution in [0.3, 0.4) is 0 Å². The van der Waals surface area contributed by atoms with E-state index in [2.05, 4.69) is 12.2 Å². The summed E-state index contributed by atoms with van der Waals surface area (Å²) in [4.78, 5) is 38.2. The molecule has 0 N–H and O–H groups in total. The molecule has 0 spiro atoms. The fourth-order valence-corrected chi connectivity index (χ4v) is 4.18. The Morgan fingerprint density at radius 3 is 2.62 bits per heavy atom. The minimum absolute atomic E-state index is 0.0966. The van der Waals surface area contributed by atoms with E-state index >= 15 is 0 Å². The van der Waals surface area contributed by atoms with Gasteiger partial charge in [0, 0.05) is 5.92 Å². The lowest BCUT2D eigenvalue weighted by molar-refractivity contribution is -0.130. The first kappa shape index (κ1) is 12.8. The number of rotatable bonds is 1. The smallest absolute Gasteiger partial charge is 0.417 e. The van der Waals surface area contributed by atoms with Crippen LogP contribution in [0, 0.1) is 23.7 Å². The predicted molar refractivity (Wildman–Crippen MR) is 73.1 cm³/mol. The third kappa shape index (κ3) is 1.54. The molecule has 4 rings (SSSR count). The SMILES string of the molecule is CC1(C)COC(=O)N1C(=O)C1=C[C@@H]2[C@H](C1=O)[C@@H]1C=C[C@H]2C1. The molecule has 2 fully saturated rings. The van der Waals surface area contributed by atoms with Crippen molar-refractivity contribution in [3.05, 3.63) is 23.8 Å². The highest BCUT2D eigenvalue weighted by Crippen LogP contribution is 2.53. The van der Waals surface area contributed by atoms with Crippen LogP contribution in [0.15, 0.2) is 23.8 Å². The second kappa shape index (κ2) is 3.84. The Morgan fingerprint density at radius 1 is 1.29 bits per heavy atom. The average molecular weight is 287 g/mol. The van der Waals surface area contributed by atoms with Crippen LogP contribution < -0.4 is 0 Å². The zero-order valence-electron chi connectivity index (χ0n) is 12.0. The largest absolute Gasteiger partial charge is 0.447 e. The van der Waals surface area contributed by atoms with Crippen molar-refractivity contribution in [3.63, 3.8) is 0 Å². The quantitative estimate of drug-likeness (QED) is 0.544. The number of hydrogen-bond donors (Lipinski definition) is 0. The van der Waals surface area contributed by atoms with Crippen LogP contribution in [-0.4, -0.2) is 34.8 Å². The van der Waals surface area contributed by atoms with Gasteiger partial charge in [-0.25, -0.2) is 9.69 Å². The lowest BCUT2D eigenvalue weighted by Gasteiger charge is -2.26. The number of ether oxygens (including phenoxy) is 1. The maximum Gasteiger partial charge on any atom is 0.417 e. The van der Waals surface area contributed by atoms with Gasteiger partial charge in [-0.15, -0.1) is 0 Å². The van der Waals surface area contributed by atoms with E-state index in [0.29, 0.717) is 5.92 Å². The molecule has 0 unspecified atom stereocenters. The Bertz CT molecular complexity index is 630. The first-order valence-electron chi connectivity index (χ1n) is 7.36. The van der Waals surface area contributed by atoms with Gasteiger partial charge in [0.25, 0.3) is 5.91 Å². The molecule has 0 aromatic carbocycles. The Hall–Kier alpha value is -1.91. The normalized spacial score (nSPS) is 38.8. The number of carbonyl (C=O) groups excluding carboxylic acids is 3. The molecular weight excluding hydrogens is 270 g/mol. The Morgan fingerprint density at radius 2 is 2.00 bits per heavy atom. The van der Waals surface area contributed by atoms with Crippen molar-refractivity contribution in [2.75, 3.05) is 6.61 Å². The molecule has 0 radical (unpaired) electrons. The standard InChI is InChI=1S/C16H17NO4/c1-16(2)7-21-15(20)17(16)14(19)11-6-10-8-3-4-9(5-8)12(10)13(11)18/h3-4,6,8-10,12H,5,7H2,1-2H3/t8-,9+,10-,12+/m0/s1. The van der Waals surface area contributed by atoms with Crippen LogP contribution in [0.2, 0.25) is 0 Å². The molecule has 4 aliphatic rings. The molecule has 0 aromatic heterocycles. The highest BCUT2D eigenvalue weighted by atomic mass is 16.6. The highest BCUT2D eigenvalue weighted by Gasteiger charge is 2.55. The van der Waals surface area contributed by atoms with Gasteiger partial charge in [-0.1, -0.05) is 18.2 Å². The summed E-state index contributed by atoms with van der Waals surface area (Å²) >= 11 is 0. The van der Waals surface area contributed by atoms with Crippen molar-refractivity contribution < 1.29 is 19.1 Å². The first-order valence-corrected chi connectivity index (χ1v) is 7.36. The van der Waals surface area contributed by atoms with Gasteiger partial charge in [0.05, 0.1) is 11.1 Å². The summed E-state index contributed by atoms with van der Waals surface area (Å²) in [6.45, 7) is 3.70. The van der Waals surface area contributed by atoms with Gasteiger partial charge < -0.3 is 4.74 Å². The Labute approximate surface area is 122 Å². The molecule has 1 saturated carbocycles. The third-order valence-corrected chi connectivity index (χ3v) is 5.22. The summed E-state index contributed by atoms with van der Waals surface area (Å²) in [6, 6.07) is 0. The fourth-order valence-electron chi connectivity index (χ4n) is 4.18. The molecule has 3 aliphatic carbocycles. The van der Waals surface area contributed by atoms with Gasteiger partial charge in [0.2, 0.25) is 0 Å². The number of amides is 2. The number of Topliss-reactive ketones (excluding diaryl/α,β-unsaturated/α-hetero) is 1. The lowest BCUT2D eigenvalue weighted by Crippen LogP contribution is -2.47. The van der Waals surface area contributed by atoms with Gasteiger partial charge in [-0.2, -0.15) is 0 Å². The van der Waals surface area contributed by atoms with Crippen LogP contribution in [0.5, 0.6) is 0 Å². The number of allylic oxidation sites excluding steroid dienone is 3. The maximum absolute atomic E-state index is 12.7. The van der Waals surface area contributed by atoms with Crippen LogP contribution in [-0.2, 0) is 14.3 Å². The van der Waals surface area contributed by atoms with E-state index in [1.54, 1.807) is 19.9 Å². The van der Waals surface area contributed by atoms with E-state index < -0.39 is 17.5 Å². The van der Waals surface area contributed by atoms with E-state index in [1.165, 1.54) is 0 Å². The molecular formula is C16H17NO4. The molecule has 4 atom stereocenters. The predicted octanol–water partition coefficient (Wildman–Crippen LogP) is 1.69. The minimum atomic E-state index is -0.704. The van der Waals surface area contributed by atoms with Crippen molar-refractivity contribution in [1.29, 1.82) is 0 Å². The maximum atomic E-state index is 12.7. The van der Waals surface area contributed by atoms with Crippen LogP contribution in [0.1, 0.15) is 20.3 Å². The average Bonchev–Trinajstić information content (AvgIpc) is 3.12. The number of ketones is 1. The molecule has 1 saturated heterocycles. The molecule has 1 aliphatic heterocycles. The summed E-state index contributed by atoms with van der Waals surface area (Å²) in [5, 5.41) is 0. The van der Waals surface area contributed by atoms with Gasteiger partial charge in [0.1, 0.15) is 6.61 Å². The van der Waals surface area contributed by atoms with Gasteiger partial charge >= 0.3 is 6.09 Å². The molecule has 110 valence electrons. The Kier molecular flexibility index (Phi) is 2.34. The first-order chi connectivity index (χ1) is 9.90. The van der Waals surface area contributed by atoms with Crippen molar-refractivity contribution in [2.45, 2.75) is 25.8 Å². The summed E-state index contributed by atoms with van der Waals surface area (Å²) in [5.74, 6) is 0.0629.